The predicted octanol–water partition coefficient (Wildman–Crippen LogP) is 1.20. The average Bonchev–Trinajstić information content (AvgIpc) is 2.38. The Morgan fingerprint density at radius 3 is 2.94 bits per heavy atom. The van der Waals surface area contributed by atoms with E-state index in [0.717, 1.165) is 38.3 Å². The fourth-order valence-corrected chi connectivity index (χ4v) is 2.06. The lowest BCUT2D eigenvalue weighted by molar-refractivity contribution is 0.0446. The number of nitrogens with two attached hydrogens (primary N) is 1. The summed E-state index contributed by atoms with van der Waals surface area (Å²) in [5.74, 6) is 0. The molecule has 3 N–H and O–H groups in total. The first kappa shape index (κ1) is 12.5. The lowest BCUT2D eigenvalue weighted by Gasteiger charge is -2.34. The van der Waals surface area contributed by atoms with Crippen molar-refractivity contribution >= 4 is 0 Å². The van der Waals surface area contributed by atoms with Crippen LogP contribution in [0.4, 0.5) is 0 Å². The van der Waals surface area contributed by atoms with E-state index in [1.807, 2.05) is 12.3 Å². The Morgan fingerprint density at radius 1 is 1.47 bits per heavy atom. The van der Waals surface area contributed by atoms with Crippen LogP contribution in [0.1, 0.15) is 31.0 Å². The van der Waals surface area contributed by atoms with Gasteiger partial charge in [-0.3, -0.25) is 4.98 Å². The van der Waals surface area contributed by atoms with E-state index in [4.69, 9.17) is 10.5 Å². The van der Waals surface area contributed by atoms with E-state index in [2.05, 4.69) is 23.3 Å². The Balaban J connectivity index is 1.92. The van der Waals surface area contributed by atoms with Gasteiger partial charge in [0.2, 0.25) is 0 Å². The predicted molar refractivity (Wildman–Crippen MR) is 67.4 cm³/mol. The highest BCUT2D eigenvalue weighted by Crippen LogP contribution is 2.20. The zero-order valence-corrected chi connectivity index (χ0v) is 10.4. The van der Waals surface area contributed by atoms with E-state index in [-0.39, 0.29) is 5.54 Å². The third-order valence-electron chi connectivity index (χ3n) is 3.41. The molecule has 1 aliphatic rings. The van der Waals surface area contributed by atoms with Crippen LogP contribution in [0, 0.1) is 0 Å². The number of hydrogen-bond donors (Lipinski definition) is 2. The first-order chi connectivity index (χ1) is 8.22. The minimum atomic E-state index is 0.199. The van der Waals surface area contributed by atoms with Gasteiger partial charge in [-0.25, -0.2) is 0 Å². The highest BCUT2D eigenvalue weighted by Gasteiger charge is 2.26. The molecule has 0 radical (unpaired) electrons. The summed E-state index contributed by atoms with van der Waals surface area (Å²) in [7, 11) is 0. The maximum Gasteiger partial charge on any atom is 0.0542 e. The van der Waals surface area contributed by atoms with Gasteiger partial charge >= 0.3 is 0 Å². The molecule has 0 bridgehead atoms. The van der Waals surface area contributed by atoms with Crippen molar-refractivity contribution in [2.24, 2.45) is 5.73 Å². The number of rotatable bonds is 4. The Labute approximate surface area is 103 Å². The summed E-state index contributed by atoms with van der Waals surface area (Å²) in [4.78, 5) is 4.20. The maximum absolute atomic E-state index is 5.58. The molecule has 17 heavy (non-hydrogen) atoms. The first-order valence-corrected chi connectivity index (χ1v) is 6.18. The van der Waals surface area contributed by atoms with Crippen molar-refractivity contribution < 1.29 is 4.74 Å². The number of aromatic nitrogens is 1. The number of pyridine rings is 1. The zero-order valence-electron chi connectivity index (χ0n) is 10.4. The van der Waals surface area contributed by atoms with Crippen molar-refractivity contribution in [3.8, 4) is 0 Å². The lowest BCUT2D eigenvalue weighted by Crippen LogP contribution is -2.46. The van der Waals surface area contributed by atoms with Crippen LogP contribution >= 0.6 is 0 Å². The van der Waals surface area contributed by atoms with Crippen molar-refractivity contribution in [2.75, 3.05) is 13.2 Å². The summed E-state index contributed by atoms with van der Waals surface area (Å²) in [6, 6.07) is 4.10. The molecule has 2 heterocycles. The highest BCUT2D eigenvalue weighted by molar-refractivity contribution is 5.16. The summed E-state index contributed by atoms with van der Waals surface area (Å²) in [5.41, 5.74) is 7.97. The largest absolute Gasteiger partial charge is 0.381 e. The van der Waals surface area contributed by atoms with Gasteiger partial charge in [-0.15, -0.1) is 0 Å². The number of nitrogens with zero attached hydrogens (tertiary/aromatic N) is 1. The van der Waals surface area contributed by atoms with Crippen molar-refractivity contribution in [2.45, 2.75) is 38.4 Å². The molecular formula is C13H21N3O. The second kappa shape index (κ2) is 5.58. The van der Waals surface area contributed by atoms with E-state index < -0.39 is 0 Å². The van der Waals surface area contributed by atoms with E-state index in [1.165, 1.54) is 5.56 Å². The summed E-state index contributed by atoms with van der Waals surface area (Å²) < 4.78 is 5.39. The molecule has 94 valence electrons. The van der Waals surface area contributed by atoms with Crippen LogP contribution in [0.15, 0.2) is 18.3 Å². The Hall–Kier alpha value is -0.970. The number of nitrogens with one attached hydrogen (secondary N) is 1. The molecule has 2 rings (SSSR count). The molecule has 0 amide bonds. The van der Waals surface area contributed by atoms with E-state index >= 15 is 0 Å². The number of ether oxygens (including phenoxy) is 1. The monoisotopic (exact) mass is 235 g/mol. The molecule has 1 aromatic heterocycles. The fourth-order valence-electron chi connectivity index (χ4n) is 2.06. The highest BCUT2D eigenvalue weighted by atomic mass is 16.5. The smallest absolute Gasteiger partial charge is 0.0542 e. The van der Waals surface area contributed by atoms with E-state index in [1.54, 1.807) is 0 Å². The van der Waals surface area contributed by atoms with Gasteiger partial charge in [0.15, 0.2) is 0 Å². The maximum atomic E-state index is 5.58. The molecule has 1 fully saturated rings. The summed E-state index contributed by atoms with van der Waals surface area (Å²) >= 11 is 0. The number of hydrogen-bond acceptors (Lipinski definition) is 4. The minimum absolute atomic E-state index is 0.199. The molecule has 0 aliphatic carbocycles. The van der Waals surface area contributed by atoms with E-state index in [9.17, 15) is 0 Å². The standard InChI is InChI=1S/C13H21N3O/c1-13(3-6-17-7-4-13)16-10-11-2-5-15-12(8-11)9-14/h2,5,8,16H,3-4,6-7,9-10,14H2,1H3. The van der Waals surface area contributed by atoms with Gasteiger partial charge in [0, 0.05) is 38.0 Å². The van der Waals surface area contributed by atoms with Crippen LogP contribution in [0.5, 0.6) is 0 Å². The Morgan fingerprint density at radius 2 is 2.24 bits per heavy atom. The average molecular weight is 235 g/mol. The van der Waals surface area contributed by atoms with Gasteiger partial charge in [-0.1, -0.05) is 0 Å². The quantitative estimate of drug-likeness (QED) is 0.823. The van der Waals surface area contributed by atoms with Crippen molar-refractivity contribution in [3.63, 3.8) is 0 Å². The molecule has 1 saturated heterocycles. The molecular weight excluding hydrogens is 214 g/mol. The Bertz CT molecular complexity index is 361. The van der Waals surface area contributed by atoms with Crippen LogP contribution in [-0.2, 0) is 17.8 Å². The molecule has 0 unspecified atom stereocenters. The van der Waals surface area contributed by atoms with Gasteiger partial charge in [0.05, 0.1) is 5.69 Å². The first-order valence-electron chi connectivity index (χ1n) is 6.18. The van der Waals surface area contributed by atoms with Crippen molar-refractivity contribution in [3.05, 3.63) is 29.6 Å². The topological polar surface area (TPSA) is 60.2 Å². The summed E-state index contributed by atoms with van der Waals surface area (Å²) in [6.07, 6.45) is 3.97. The molecule has 4 heteroatoms. The second-order valence-corrected chi connectivity index (χ2v) is 4.89. The molecule has 0 saturated carbocycles. The van der Waals surface area contributed by atoms with Crippen LogP contribution in [0.3, 0.4) is 0 Å². The summed E-state index contributed by atoms with van der Waals surface area (Å²) in [6.45, 7) is 5.34. The second-order valence-electron chi connectivity index (χ2n) is 4.89. The molecule has 4 nitrogen and oxygen atoms in total. The van der Waals surface area contributed by atoms with Gasteiger partial charge in [0.25, 0.3) is 0 Å². The van der Waals surface area contributed by atoms with Gasteiger partial charge in [-0.05, 0) is 37.5 Å². The molecule has 1 aromatic rings. The summed E-state index contributed by atoms with van der Waals surface area (Å²) in [5, 5.41) is 3.62. The fraction of sp³-hybridized carbons (Fsp3) is 0.615. The SMILES string of the molecule is CC1(NCc2ccnc(CN)c2)CCOCC1. The van der Waals surface area contributed by atoms with Crippen molar-refractivity contribution in [1.29, 1.82) is 0 Å². The molecule has 1 aliphatic heterocycles. The van der Waals surface area contributed by atoms with Crippen LogP contribution in [0.2, 0.25) is 0 Å². The van der Waals surface area contributed by atoms with Crippen LogP contribution in [-0.4, -0.2) is 23.7 Å². The molecule has 0 spiro atoms. The Kier molecular flexibility index (Phi) is 4.10. The normalized spacial score (nSPS) is 19.2. The van der Waals surface area contributed by atoms with Gasteiger partial charge < -0.3 is 15.8 Å². The van der Waals surface area contributed by atoms with Crippen molar-refractivity contribution in [1.82, 2.24) is 10.3 Å². The zero-order chi connectivity index (χ0) is 12.1. The van der Waals surface area contributed by atoms with Gasteiger partial charge in [-0.2, -0.15) is 0 Å². The third-order valence-corrected chi connectivity index (χ3v) is 3.41. The third kappa shape index (κ3) is 3.49. The van der Waals surface area contributed by atoms with Gasteiger partial charge in [0.1, 0.15) is 0 Å². The molecule has 0 atom stereocenters. The van der Waals surface area contributed by atoms with E-state index in [0.29, 0.717) is 6.54 Å². The minimum Gasteiger partial charge on any atom is -0.381 e. The molecule has 0 aromatic carbocycles. The van der Waals surface area contributed by atoms with Crippen LogP contribution in [0.25, 0.3) is 0 Å². The van der Waals surface area contributed by atoms with Crippen LogP contribution < -0.4 is 11.1 Å². The lowest BCUT2D eigenvalue weighted by atomic mass is 9.92.